The van der Waals surface area contributed by atoms with E-state index in [1.165, 1.54) is 0 Å². The predicted molar refractivity (Wildman–Crippen MR) is 110 cm³/mol. The van der Waals surface area contributed by atoms with Crippen molar-refractivity contribution in [2.24, 2.45) is 0 Å². The molecule has 0 spiro atoms. The summed E-state index contributed by atoms with van der Waals surface area (Å²) in [5.41, 5.74) is 3.62. The van der Waals surface area contributed by atoms with Crippen LogP contribution in [0.1, 0.15) is 6.42 Å². The molecule has 0 aliphatic carbocycles. The van der Waals surface area contributed by atoms with E-state index in [0.717, 1.165) is 42.0 Å². The molecule has 1 N–H and O–H groups in total. The summed E-state index contributed by atoms with van der Waals surface area (Å²) in [7, 11) is 2.07. The van der Waals surface area contributed by atoms with E-state index in [1.807, 2.05) is 41.0 Å². The zero-order chi connectivity index (χ0) is 19.5. The molecule has 3 aromatic rings. The number of pyridine rings is 1. The van der Waals surface area contributed by atoms with Crippen molar-refractivity contribution in [3.63, 3.8) is 0 Å². The van der Waals surface area contributed by atoms with Crippen LogP contribution in [0.3, 0.4) is 0 Å². The van der Waals surface area contributed by atoms with Gasteiger partial charge in [-0.15, -0.1) is 0 Å². The van der Waals surface area contributed by atoms with Gasteiger partial charge in [-0.1, -0.05) is 23.7 Å². The maximum atomic E-state index is 12.6. The Balaban J connectivity index is 1.63. The van der Waals surface area contributed by atoms with Crippen LogP contribution in [0.2, 0.25) is 5.02 Å². The molecule has 1 saturated heterocycles. The Bertz CT molecular complexity index is 955. The van der Waals surface area contributed by atoms with Gasteiger partial charge in [0.25, 0.3) is 0 Å². The zero-order valence-electron chi connectivity index (χ0n) is 15.7. The van der Waals surface area contributed by atoms with Gasteiger partial charge in [0.1, 0.15) is 6.54 Å². The fraction of sp³-hybridized carbons (Fsp3) is 0.286. The molecule has 28 heavy (non-hydrogen) atoms. The van der Waals surface area contributed by atoms with Crippen LogP contribution in [0.15, 0.2) is 55.1 Å². The first-order valence-corrected chi connectivity index (χ1v) is 9.67. The number of nitrogens with zero attached hydrogens (tertiary/aromatic N) is 4. The SMILES string of the molecule is CN1CC[C@@H](NC(=O)Cn2cnc(-c3ccc(Cl)cc3)c2-c2ccncc2)C1. The smallest absolute Gasteiger partial charge is 0.240 e. The molecule has 1 amide bonds. The molecule has 1 aliphatic rings. The molecule has 1 atom stereocenters. The molecule has 0 radical (unpaired) electrons. The number of aromatic nitrogens is 3. The Morgan fingerprint density at radius 3 is 2.61 bits per heavy atom. The fourth-order valence-corrected chi connectivity index (χ4v) is 3.74. The topological polar surface area (TPSA) is 63.1 Å². The van der Waals surface area contributed by atoms with Crippen molar-refractivity contribution >= 4 is 17.5 Å². The van der Waals surface area contributed by atoms with Crippen LogP contribution in [0, 0.1) is 0 Å². The molecule has 1 fully saturated rings. The molecular weight excluding hydrogens is 374 g/mol. The fourth-order valence-electron chi connectivity index (χ4n) is 3.61. The highest BCUT2D eigenvalue weighted by molar-refractivity contribution is 6.30. The van der Waals surface area contributed by atoms with Crippen LogP contribution >= 0.6 is 11.6 Å². The average molecular weight is 396 g/mol. The Labute approximate surface area is 169 Å². The van der Waals surface area contributed by atoms with Crippen molar-refractivity contribution in [2.45, 2.75) is 19.0 Å². The summed E-state index contributed by atoms with van der Waals surface area (Å²) in [6.07, 6.45) is 6.19. The lowest BCUT2D eigenvalue weighted by molar-refractivity contribution is -0.122. The van der Waals surface area contributed by atoms with Gasteiger partial charge in [0.15, 0.2) is 0 Å². The number of rotatable bonds is 5. The minimum atomic E-state index is -0.00402. The second-order valence-electron chi connectivity index (χ2n) is 7.13. The van der Waals surface area contributed by atoms with Crippen molar-refractivity contribution in [2.75, 3.05) is 20.1 Å². The van der Waals surface area contributed by atoms with Crippen LogP contribution in [-0.2, 0) is 11.3 Å². The second kappa shape index (κ2) is 8.12. The van der Waals surface area contributed by atoms with Gasteiger partial charge in [0, 0.05) is 41.1 Å². The molecule has 3 heterocycles. The number of carbonyl (C=O) groups excluding carboxylic acids is 1. The Kier molecular flexibility index (Phi) is 5.41. The first-order valence-electron chi connectivity index (χ1n) is 9.29. The van der Waals surface area contributed by atoms with Crippen molar-refractivity contribution in [1.82, 2.24) is 24.8 Å². The second-order valence-corrected chi connectivity index (χ2v) is 7.56. The van der Waals surface area contributed by atoms with Gasteiger partial charge >= 0.3 is 0 Å². The van der Waals surface area contributed by atoms with E-state index in [0.29, 0.717) is 5.02 Å². The molecule has 7 heteroatoms. The van der Waals surface area contributed by atoms with Crippen molar-refractivity contribution < 1.29 is 4.79 Å². The third-order valence-electron chi connectivity index (χ3n) is 4.98. The number of benzene rings is 1. The molecule has 144 valence electrons. The number of likely N-dealkylation sites (tertiary alicyclic amines) is 1. The van der Waals surface area contributed by atoms with Gasteiger partial charge in [-0.25, -0.2) is 4.98 Å². The van der Waals surface area contributed by atoms with Crippen molar-refractivity contribution in [3.05, 3.63) is 60.1 Å². The molecule has 0 unspecified atom stereocenters. The maximum absolute atomic E-state index is 12.6. The largest absolute Gasteiger partial charge is 0.350 e. The first-order chi connectivity index (χ1) is 13.6. The maximum Gasteiger partial charge on any atom is 0.240 e. The number of amides is 1. The molecule has 4 rings (SSSR count). The summed E-state index contributed by atoms with van der Waals surface area (Å²) in [6, 6.07) is 11.6. The number of likely N-dealkylation sites (N-methyl/N-ethyl adjacent to an activating group) is 1. The number of halogens is 1. The van der Waals surface area contributed by atoms with Gasteiger partial charge in [-0.05, 0) is 44.3 Å². The van der Waals surface area contributed by atoms with E-state index >= 15 is 0 Å². The molecule has 6 nitrogen and oxygen atoms in total. The summed E-state index contributed by atoms with van der Waals surface area (Å²) in [5.74, 6) is -0.00402. The summed E-state index contributed by atoms with van der Waals surface area (Å²) in [6.45, 7) is 2.13. The van der Waals surface area contributed by atoms with Gasteiger partial charge in [-0.3, -0.25) is 9.78 Å². The summed E-state index contributed by atoms with van der Waals surface area (Å²) in [4.78, 5) is 23.6. The summed E-state index contributed by atoms with van der Waals surface area (Å²) >= 11 is 6.03. The van der Waals surface area contributed by atoms with Crippen LogP contribution in [0.5, 0.6) is 0 Å². The highest BCUT2D eigenvalue weighted by Crippen LogP contribution is 2.31. The molecule has 0 saturated carbocycles. The zero-order valence-corrected chi connectivity index (χ0v) is 16.4. The molecule has 1 aliphatic heterocycles. The monoisotopic (exact) mass is 395 g/mol. The third-order valence-corrected chi connectivity index (χ3v) is 5.23. The Morgan fingerprint density at radius 1 is 1.18 bits per heavy atom. The van der Waals surface area contributed by atoms with E-state index in [9.17, 15) is 4.79 Å². The minimum Gasteiger partial charge on any atom is -0.350 e. The van der Waals surface area contributed by atoms with Gasteiger partial charge in [0.05, 0.1) is 17.7 Å². The number of carbonyl (C=O) groups is 1. The first kappa shape index (κ1) is 18.7. The van der Waals surface area contributed by atoms with E-state index in [-0.39, 0.29) is 18.5 Å². The lowest BCUT2D eigenvalue weighted by Gasteiger charge is -2.15. The average Bonchev–Trinajstić information content (AvgIpc) is 3.29. The van der Waals surface area contributed by atoms with Crippen LogP contribution in [0.25, 0.3) is 22.5 Å². The molecule has 2 aromatic heterocycles. The summed E-state index contributed by atoms with van der Waals surface area (Å²) < 4.78 is 1.90. The number of nitrogens with one attached hydrogen (secondary N) is 1. The van der Waals surface area contributed by atoms with Crippen molar-refractivity contribution in [1.29, 1.82) is 0 Å². The van der Waals surface area contributed by atoms with Crippen LogP contribution < -0.4 is 5.32 Å². The van der Waals surface area contributed by atoms with Crippen LogP contribution in [-0.4, -0.2) is 51.5 Å². The Hall–Kier alpha value is -2.70. The van der Waals surface area contributed by atoms with Crippen molar-refractivity contribution in [3.8, 4) is 22.5 Å². The summed E-state index contributed by atoms with van der Waals surface area (Å²) in [5, 5.41) is 3.81. The molecular formula is C21H22ClN5O. The number of imidazole rings is 1. The van der Waals surface area contributed by atoms with E-state index < -0.39 is 0 Å². The van der Waals surface area contributed by atoms with E-state index in [1.54, 1.807) is 18.7 Å². The lowest BCUT2D eigenvalue weighted by Crippen LogP contribution is -2.38. The van der Waals surface area contributed by atoms with Crippen LogP contribution in [0.4, 0.5) is 0 Å². The minimum absolute atomic E-state index is 0.00402. The Morgan fingerprint density at radius 2 is 1.93 bits per heavy atom. The van der Waals surface area contributed by atoms with Gasteiger partial charge in [-0.2, -0.15) is 0 Å². The molecule has 0 bridgehead atoms. The number of hydrogen-bond acceptors (Lipinski definition) is 4. The predicted octanol–water partition coefficient (Wildman–Crippen LogP) is 3.09. The lowest BCUT2D eigenvalue weighted by atomic mass is 10.1. The van der Waals surface area contributed by atoms with Gasteiger partial charge < -0.3 is 14.8 Å². The quantitative estimate of drug-likeness (QED) is 0.721. The standard InChI is InChI=1S/C21H22ClN5O/c1-26-11-8-18(12-26)25-19(28)13-27-14-24-20(15-2-4-17(22)5-3-15)21(27)16-6-9-23-10-7-16/h2-7,9-10,14,18H,8,11-13H2,1H3,(H,25,28)/t18-/m1/s1. The number of hydrogen-bond donors (Lipinski definition) is 1. The third kappa shape index (κ3) is 4.08. The molecule has 1 aromatic carbocycles. The normalized spacial score (nSPS) is 17.0. The van der Waals surface area contributed by atoms with Gasteiger partial charge in [0.2, 0.25) is 5.91 Å². The van der Waals surface area contributed by atoms with E-state index in [4.69, 9.17) is 11.6 Å². The highest BCUT2D eigenvalue weighted by atomic mass is 35.5. The van der Waals surface area contributed by atoms with E-state index in [2.05, 4.69) is 27.2 Å². The highest BCUT2D eigenvalue weighted by Gasteiger charge is 2.22.